The number of ether oxygens (including phenoxy) is 1. The Morgan fingerprint density at radius 1 is 1.08 bits per heavy atom. The van der Waals surface area contributed by atoms with Crippen LogP contribution in [0.3, 0.4) is 0 Å². The van der Waals surface area contributed by atoms with Gasteiger partial charge in [-0.15, -0.1) is 0 Å². The van der Waals surface area contributed by atoms with E-state index < -0.39 is 18.1 Å². The van der Waals surface area contributed by atoms with Crippen LogP contribution < -0.4 is 10.6 Å². The molecule has 0 spiro atoms. The van der Waals surface area contributed by atoms with E-state index >= 15 is 0 Å². The van der Waals surface area contributed by atoms with E-state index in [-0.39, 0.29) is 18.9 Å². The fourth-order valence-electron chi connectivity index (χ4n) is 2.83. The number of likely N-dealkylation sites (tertiary alicyclic amines) is 1. The number of anilines is 1. The Kier molecular flexibility index (Phi) is 7.92. The van der Waals surface area contributed by atoms with Crippen LogP contribution in [0.5, 0.6) is 0 Å². The minimum absolute atomic E-state index is 0.0137. The Labute approximate surface area is 154 Å². The first-order valence-corrected chi connectivity index (χ1v) is 9.14. The fourth-order valence-corrected chi connectivity index (χ4v) is 2.83. The molecule has 1 saturated heterocycles. The smallest absolute Gasteiger partial charge is 0.319 e. The number of urea groups is 1. The second kappa shape index (κ2) is 10.4. The third-order valence-corrected chi connectivity index (χ3v) is 4.22. The van der Waals surface area contributed by atoms with Crippen molar-refractivity contribution in [2.75, 3.05) is 25.0 Å². The molecule has 0 unspecified atom stereocenters. The van der Waals surface area contributed by atoms with Crippen molar-refractivity contribution in [2.45, 2.75) is 45.1 Å². The van der Waals surface area contributed by atoms with Gasteiger partial charge < -0.3 is 20.3 Å². The molecule has 142 valence electrons. The molecule has 1 aromatic rings. The van der Waals surface area contributed by atoms with E-state index in [1.54, 1.807) is 24.0 Å². The SMILES string of the molecule is C[C@H](OC(=O)CCNC(=O)Nc1ccccc1)C(=O)N1CCCCCC1. The third-order valence-electron chi connectivity index (χ3n) is 4.22. The number of hydrogen-bond acceptors (Lipinski definition) is 4. The molecule has 1 heterocycles. The summed E-state index contributed by atoms with van der Waals surface area (Å²) in [6, 6.07) is 8.63. The Balaban J connectivity index is 1.65. The third kappa shape index (κ3) is 6.74. The van der Waals surface area contributed by atoms with Gasteiger partial charge in [-0.2, -0.15) is 0 Å². The summed E-state index contributed by atoms with van der Waals surface area (Å²) in [5, 5.41) is 5.25. The number of carbonyl (C=O) groups excluding carboxylic acids is 3. The van der Waals surface area contributed by atoms with Crippen molar-refractivity contribution in [2.24, 2.45) is 0 Å². The second-order valence-corrected chi connectivity index (χ2v) is 6.37. The lowest BCUT2D eigenvalue weighted by atomic mass is 10.2. The minimum atomic E-state index is -0.793. The molecule has 7 nitrogen and oxygen atoms in total. The van der Waals surface area contributed by atoms with E-state index in [1.807, 2.05) is 18.2 Å². The molecule has 26 heavy (non-hydrogen) atoms. The van der Waals surface area contributed by atoms with Crippen molar-refractivity contribution < 1.29 is 19.1 Å². The van der Waals surface area contributed by atoms with Crippen molar-refractivity contribution in [3.05, 3.63) is 30.3 Å². The lowest BCUT2D eigenvalue weighted by Gasteiger charge is -2.24. The molecule has 1 aliphatic heterocycles. The normalized spacial score (nSPS) is 15.5. The molecule has 1 fully saturated rings. The monoisotopic (exact) mass is 361 g/mol. The predicted molar refractivity (Wildman–Crippen MR) is 98.7 cm³/mol. The van der Waals surface area contributed by atoms with Crippen LogP contribution in [-0.4, -0.2) is 48.5 Å². The van der Waals surface area contributed by atoms with Gasteiger partial charge >= 0.3 is 12.0 Å². The highest BCUT2D eigenvalue weighted by molar-refractivity contribution is 5.89. The zero-order valence-corrected chi connectivity index (χ0v) is 15.2. The molecule has 3 amide bonds. The van der Waals surface area contributed by atoms with Crippen LogP contribution in [0.4, 0.5) is 10.5 Å². The van der Waals surface area contributed by atoms with Crippen molar-refractivity contribution in [3.63, 3.8) is 0 Å². The highest BCUT2D eigenvalue weighted by atomic mass is 16.5. The van der Waals surface area contributed by atoms with Gasteiger partial charge in [0.25, 0.3) is 5.91 Å². The van der Waals surface area contributed by atoms with Crippen LogP contribution in [-0.2, 0) is 14.3 Å². The van der Waals surface area contributed by atoms with Gasteiger partial charge in [0.1, 0.15) is 0 Å². The summed E-state index contributed by atoms with van der Waals surface area (Å²) >= 11 is 0. The van der Waals surface area contributed by atoms with Gasteiger partial charge in [-0.1, -0.05) is 31.0 Å². The van der Waals surface area contributed by atoms with Gasteiger partial charge in [-0.3, -0.25) is 9.59 Å². The molecular formula is C19H27N3O4. The molecule has 0 bridgehead atoms. The highest BCUT2D eigenvalue weighted by Gasteiger charge is 2.24. The van der Waals surface area contributed by atoms with Gasteiger partial charge in [0.15, 0.2) is 6.10 Å². The fraction of sp³-hybridized carbons (Fsp3) is 0.526. The molecule has 2 rings (SSSR count). The molecule has 2 N–H and O–H groups in total. The van der Waals surface area contributed by atoms with E-state index in [0.717, 1.165) is 38.8 Å². The lowest BCUT2D eigenvalue weighted by Crippen LogP contribution is -2.40. The second-order valence-electron chi connectivity index (χ2n) is 6.37. The van der Waals surface area contributed by atoms with E-state index in [9.17, 15) is 14.4 Å². The van der Waals surface area contributed by atoms with E-state index in [2.05, 4.69) is 10.6 Å². The highest BCUT2D eigenvalue weighted by Crippen LogP contribution is 2.12. The molecular weight excluding hydrogens is 334 g/mol. The van der Waals surface area contributed by atoms with Crippen LogP contribution in [0.25, 0.3) is 0 Å². The summed E-state index contributed by atoms with van der Waals surface area (Å²) in [4.78, 5) is 37.7. The number of carbonyl (C=O) groups is 3. The molecule has 0 aliphatic carbocycles. The van der Waals surface area contributed by atoms with E-state index in [4.69, 9.17) is 4.74 Å². The van der Waals surface area contributed by atoms with Crippen molar-refractivity contribution in [1.29, 1.82) is 0 Å². The van der Waals surface area contributed by atoms with Gasteiger partial charge in [0.05, 0.1) is 6.42 Å². The van der Waals surface area contributed by atoms with Crippen LogP contribution in [0, 0.1) is 0 Å². The number of nitrogens with one attached hydrogen (secondary N) is 2. The summed E-state index contributed by atoms with van der Waals surface area (Å²) in [5.74, 6) is -0.643. The summed E-state index contributed by atoms with van der Waals surface area (Å²) in [6.07, 6.45) is 3.47. The predicted octanol–water partition coefficient (Wildman–Crippen LogP) is 2.53. The maximum Gasteiger partial charge on any atom is 0.319 e. The van der Waals surface area contributed by atoms with E-state index in [0.29, 0.717) is 5.69 Å². The Bertz CT molecular complexity index is 598. The van der Waals surface area contributed by atoms with Crippen LogP contribution in [0.15, 0.2) is 30.3 Å². The average Bonchev–Trinajstić information content (AvgIpc) is 2.91. The standard InChI is InChI=1S/C19H27N3O4/c1-15(18(24)22-13-7-2-3-8-14-22)26-17(23)11-12-20-19(25)21-16-9-5-4-6-10-16/h4-6,9-10,15H,2-3,7-8,11-14H2,1H3,(H2,20,21,25)/t15-/m0/s1. The van der Waals surface area contributed by atoms with Crippen molar-refractivity contribution in [1.82, 2.24) is 10.2 Å². The number of benzene rings is 1. The van der Waals surface area contributed by atoms with Gasteiger partial charge in [-0.25, -0.2) is 4.79 Å². The molecule has 1 aliphatic rings. The number of para-hydroxylation sites is 1. The summed E-state index contributed by atoms with van der Waals surface area (Å²) in [6.45, 7) is 3.19. The first-order chi connectivity index (χ1) is 12.6. The quantitative estimate of drug-likeness (QED) is 0.762. The molecule has 0 aromatic heterocycles. The molecule has 1 aromatic carbocycles. The first-order valence-electron chi connectivity index (χ1n) is 9.14. The van der Waals surface area contributed by atoms with E-state index in [1.165, 1.54) is 0 Å². The zero-order chi connectivity index (χ0) is 18.8. The lowest BCUT2D eigenvalue weighted by molar-refractivity contribution is -0.159. The van der Waals surface area contributed by atoms with Crippen molar-refractivity contribution in [3.8, 4) is 0 Å². The van der Waals surface area contributed by atoms with Crippen LogP contribution >= 0.6 is 0 Å². The molecule has 0 saturated carbocycles. The van der Waals surface area contributed by atoms with Crippen LogP contribution in [0.1, 0.15) is 39.0 Å². The average molecular weight is 361 g/mol. The van der Waals surface area contributed by atoms with Crippen molar-refractivity contribution >= 4 is 23.6 Å². The van der Waals surface area contributed by atoms with Gasteiger partial charge in [0.2, 0.25) is 0 Å². The summed E-state index contributed by atoms with van der Waals surface area (Å²) < 4.78 is 5.20. The largest absolute Gasteiger partial charge is 0.452 e. The minimum Gasteiger partial charge on any atom is -0.452 e. The number of hydrogen-bond donors (Lipinski definition) is 2. The number of rotatable bonds is 6. The summed E-state index contributed by atoms with van der Waals surface area (Å²) in [5.41, 5.74) is 0.671. The molecule has 0 radical (unpaired) electrons. The number of esters is 1. The van der Waals surface area contributed by atoms with Gasteiger partial charge in [0, 0.05) is 25.3 Å². The first kappa shape index (κ1) is 19.8. The Morgan fingerprint density at radius 2 is 1.73 bits per heavy atom. The number of nitrogens with zero attached hydrogens (tertiary/aromatic N) is 1. The Morgan fingerprint density at radius 3 is 2.38 bits per heavy atom. The maximum absolute atomic E-state index is 12.3. The molecule has 1 atom stereocenters. The topological polar surface area (TPSA) is 87.7 Å². The maximum atomic E-state index is 12.3. The van der Waals surface area contributed by atoms with Crippen LogP contribution in [0.2, 0.25) is 0 Å². The summed E-state index contributed by atoms with van der Waals surface area (Å²) in [7, 11) is 0. The molecule has 7 heteroatoms. The zero-order valence-electron chi connectivity index (χ0n) is 15.2. The number of amides is 3. The Hall–Kier alpha value is -2.57. The van der Waals surface area contributed by atoms with Gasteiger partial charge in [-0.05, 0) is 31.9 Å².